The molecule has 0 unspecified atom stereocenters. The summed E-state index contributed by atoms with van der Waals surface area (Å²) in [4.78, 5) is 34.3. The van der Waals surface area contributed by atoms with Crippen molar-refractivity contribution < 1.29 is 14.0 Å². The van der Waals surface area contributed by atoms with Crippen molar-refractivity contribution in [1.29, 1.82) is 0 Å². The summed E-state index contributed by atoms with van der Waals surface area (Å²) in [6, 6.07) is 4.64. The van der Waals surface area contributed by atoms with Crippen LogP contribution in [0.15, 0.2) is 30.6 Å². The van der Waals surface area contributed by atoms with Crippen molar-refractivity contribution >= 4 is 23.4 Å². The molecule has 0 atom stereocenters. The molecule has 3 heterocycles. The van der Waals surface area contributed by atoms with Crippen LogP contribution in [0.1, 0.15) is 24.2 Å². The Kier molecular flexibility index (Phi) is 6.58. The van der Waals surface area contributed by atoms with Gasteiger partial charge in [0.05, 0.1) is 18.1 Å². The third-order valence-corrected chi connectivity index (χ3v) is 4.71. The standard InChI is InChI=1S/C11H13FN2O.C9H12N4O/c1-8-3-4-9(7-10(8)12)14-6-2-5-13-11(14)15;1-7-11-5-8(6-12-7)13-4-2-3-10-9(13)14/h3-4,7H,2,5-6H2,1H3,(H,13,15);5-6H,2-4H2,1H3,(H,10,14). The van der Waals surface area contributed by atoms with Gasteiger partial charge in [-0.3, -0.25) is 9.80 Å². The summed E-state index contributed by atoms with van der Waals surface area (Å²) >= 11 is 0. The van der Waals surface area contributed by atoms with Crippen LogP contribution in [0, 0.1) is 19.7 Å². The first-order valence-electron chi connectivity index (χ1n) is 9.61. The zero-order valence-corrected chi connectivity index (χ0v) is 16.6. The molecule has 0 bridgehead atoms. The van der Waals surface area contributed by atoms with Gasteiger partial charge in [0.1, 0.15) is 11.6 Å². The van der Waals surface area contributed by atoms with Crippen molar-refractivity contribution in [1.82, 2.24) is 20.6 Å². The third-order valence-electron chi connectivity index (χ3n) is 4.71. The average molecular weight is 400 g/mol. The fraction of sp³-hybridized carbons (Fsp3) is 0.400. The number of nitrogens with one attached hydrogen (secondary N) is 2. The number of hydrogen-bond donors (Lipinski definition) is 2. The first-order chi connectivity index (χ1) is 14.0. The Bertz CT molecular complexity index is 874. The van der Waals surface area contributed by atoms with E-state index in [-0.39, 0.29) is 17.9 Å². The predicted octanol–water partition coefficient (Wildman–Crippen LogP) is 2.76. The highest BCUT2D eigenvalue weighted by molar-refractivity contribution is 5.93. The minimum Gasteiger partial charge on any atom is -0.338 e. The van der Waals surface area contributed by atoms with Crippen LogP contribution in [-0.4, -0.2) is 48.2 Å². The summed E-state index contributed by atoms with van der Waals surface area (Å²) in [6.45, 7) is 6.35. The highest BCUT2D eigenvalue weighted by Crippen LogP contribution is 2.19. The number of halogens is 1. The van der Waals surface area contributed by atoms with E-state index in [1.165, 1.54) is 6.07 Å². The molecule has 1 aromatic carbocycles. The van der Waals surface area contributed by atoms with Gasteiger partial charge in [-0.05, 0) is 44.4 Å². The van der Waals surface area contributed by atoms with Gasteiger partial charge in [0.25, 0.3) is 0 Å². The minimum absolute atomic E-state index is 0.0660. The van der Waals surface area contributed by atoms with E-state index in [9.17, 15) is 14.0 Å². The SMILES string of the molecule is Cc1ccc(N2CCCNC2=O)cc1F.Cc1ncc(N2CCCNC2=O)cn1. The van der Waals surface area contributed by atoms with Crippen LogP contribution in [0.4, 0.5) is 25.4 Å². The minimum atomic E-state index is -0.272. The summed E-state index contributed by atoms with van der Waals surface area (Å²) in [5.74, 6) is 0.442. The van der Waals surface area contributed by atoms with Crippen LogP contribution in [0.2, 0.25) is 0 Å². The highest BCUT2D eigenvalue weighted by Gasteiger charge is 2.20. The van der Waals surface area contributed by atoms with Gasteiger partial charge in [0.2, 0.25) is 0 Å². The van der Waals surface area contributed by atoms with Crippen LogP contribution in [0.25, 0.3) is 0 Å². The van der Waals surface area contributed by atoms with Gasteiger partial charge >= 0.3 is 12.1 Å². The molecule has 2 fully saturated rings. The number of rotatable bonds is 2. The van der Waals surface area contributed by atoms with Gasteiger partial charge in [-0.2, -0.15) is 0 Å². The van der Waals surface area contributed by atoms with E-state index in [4.69, 9.17) is 0 Å². The third kappa shape index (κ3) is 5.18. The van der Waals surface area contributed by atoms with Gasteiger partial charge in [0.15, 0.2) is 0 Å². The molecule has 0 saturated carbocycles. The smallest absolute Gasteiger partial charge is 0.321 e. The number of anilines is 2. The van der Waals surface area contributed by atoms with Gasteiger partial charge in [-0.15, -0.1) is 0 Å². The maximum Gasteiger partial charge on any atom is 0.321 e. The molecular formula is C20H25FN6O2. The Morgan fingerprint density at radius 2 is 1.45 bits per heavy atom. The Balaban J connectivity index is 0.000000166. The molecule has 1 aromatic heterocycles. The van der Waals surface area contributed by atoms with Crippen LogP contribution in [0.5, 0.6) is 0 Å². The fourth-order valence-corrected chi connectivity index (χ4v) is 3.03. The van der Waals surface area contributed by atoms with E-state index in [2.05, 4.69) is 20.6 Å². The molecule has 2 aromatic rings. The lowest BCUT2D eigenvalue weighted by molar-refractivity contribution is 0.242. The average Bonchev–Trinajstić information content (AvgIpc) is 2.72. The molecule has 0 aliphatic carbocycles. The lowest BCUT2D eigenvalue weighted by Crippen LogP contribution is -2.46. The molecule has 29 heavy (non-hydrogen) atoms. The molecule has 2 aliphatic heterocycles. The first kappa shape index (κ1) is 20.5. The number of nitrogens with zero attached hydrogens (tertiary/aromatic N) is 4. The topological polar surface area (TPSA) is 90.5 Å². The molecule has 0 spiro atoms. The highest BCUT2D eigenvalue weighted by atomic mass is 19.1. The van der Waals surface area contributed by atoms with Crippen molar-refractivity contribution in [3.8, 4) is 0 Å². The van der Waals surface area contributed by atoms with Gasteiger partial charge < -0.3 is 10.6 Å². The van der Waals surface area contributed by atoms with E-state index in [0.29, 0.717) is 30.2 Å². The Morgan fingerprint density at radius 1 is 0.897 bits per heavy atom. The molecule has 4 amide bonds. The number of aryl methyl sites for hydroxylation is 2. The van der Waals surface area contributed by atoms with Gasteiger partial charge in [0, 0.05) is 31.9 Å². The maximum atomic E-state index is 13.3. The van der Waals surface area contributed by atoms with Crippen LogP contribution in [0.3, 0.4) is 0 Å². The second-order valence-electron chi connectivity index (χ2n) is 6.90. The zero-order chi connectivity index (χ0) is 20.8. The van der Waals surface area contributed by atoms with Crippen LogP contribution in [-0.2, 0) is 0 Å². The van der Waals surface area contributed by atoms with Crippen LogP contribution >= 0.6 is 0 Å². The van der Waals surface area contributed by atoms with Crippen molar-refractivity contribution in [2.45, 2.75) is 26.7 Å². The monoisotopic (exact) mass is 400 g/mol. The van der Waals surface area contributed by atoms with E-state index in [1.54, 1.807) is 41.2 Å². The Morgan fingerprint density at radius 3 is 1.97 bits per heavy atom. The summed E-state index contributed by atoms with van der Waals surface area (Å²) in [6.07, 6.45) is 5.20. The van der Waals surface area contributed by atoms with E-state index >= 15 is 0 Å². The lowest BCUT2D eigenvalue weighted by atomic mass is 10.2. The van der Waals surface area contributed by atoms with Crippen LogP contribution < -0.4 is 20.4 Å². The maximum absolute atomic E-state index is 13.3. The lowest BCUT2D eigenvalue weighted by Gasteiger charge is -2.27. The van der Waals surface area contributed by atoms with Crippen molar-refractivity contribution in [3.63, 3.8) is 0 Å². The normalized spacial score (nSPS) is 16.5. The van der Waals surface area contributed by atoms with E-state index < -0.39 is 0 Å². The molecule has 2 N–H and O–H groups in total. The summed E-state index contributed by atoms with van der Waals surface area (Å²) in [7, 11) is 0. The molecule has 8 nitrogen and oxygen atoms in total. The van der Waals surface area contributed by atoms with Gasteiger partial charge in [-0.1, -0.05) is 6.07 Å². The first-order valence-corrected chi connectivity index (χ1v) is 9.61. The summed E-state index contributed by atoms with van der Waals surface area (Å²) in [5.41, 5.74) is 1.97. The van der Waals surface area contributed by atoms with Crippen molar-refractivity contribution in [3.05, 3.63) is 47.8 Å². The number of carbonyl (C=O) groups excluding carboxylic acids is 2. The summed E-state index contributed by atoms with van der Waals surface area (Å²) in [5, 5.41) is 5.51. The summed E-state index contributed by atoms with van der Waals surface area (Å²) < 4.78 is 13.3. The van der Waals surface area contributed by atoms with Gasteiger partial charge in [-0.25, -0.2) is 23.9 Å². The van der Waals surface area contributed by atoms with Crippen molar-refractivity contribution in [2.75, 3.05) is 36.0 Å². The quantitative estimate of drug-likeness (QED) is 0.811. The zero-order valence-electron chi connectivity index (χ0n) is 16.6. The van der Waals surface area contributed by atoms with Crippen molar-refractivity contribution in [2.24, 2.45) is 0 Å². The number of carbonyl (C=O) groups is 2. The fourth-order valence-electron chi connectivity index (χ4n) is 3.03. The predicted molar refractivity (Wildman–Crippen MR) is 109 cm³/mol. The molecule has 2 saturated heterocycles. The number of benzene rings is 1. The number of urea groups is 2. The largest absolute Gasteiger partial charge is 0.338 e. The molecule has 154 valence electrons. The molecular weight excluding hydrogens is 375 g/mol. The molecule has 4 rings (SSSR count). The number of hydrogen-bond acceptors (Lipinski definition) is 4. The molecule has 2 aliphatic rings. The second-order valence-corrected chi connectivity index (χ2v) is 6.90. The number of aromatic nitrogens is 2. The molecule has 9 heteroatoms. The second kappa shape index (κ2) is 9.31. The van der Waals surface area contributed by atoms with E-state index in [0.717, 1.165) is 31.6 Å². The van der Waals surface area contributed by atoms with E-state index in [1.807, 2.05) is 6.92 Å². The number of amides is 4. The Labute approximate surface area is 169 Å². The Hall–Kier alpha value is -3.23. The molecule has 0 radical (unpaired) electrons.